The fourth-order valence-corrected chi connectivity index (χ4v) is 4.96. The number of carbonyl (C=O) groups excluding carboxylic acids is 2. The summed E-state index contributed by atoms with van der Waals surface area (Å²) >= 11 is 0. The van der Waals surface area contributed by atoms with Crippen LogP contribution in [0.5, 0.6) is 0 Å². The Morgan fingerprint density at radius 2 is 1.87 bits per heavy atom. The lowest BCUT2D eigenvalue weighted by atomic mass is 9.94. The second-order valence-electron chi connectivity index (χ2n) is 10.9. The van der Waals surface area contributed by atoms with Gasteiger partial charge in [-0.05, 0) is 56.3 Å². The van der Waals surface area contributed by atoms with E-state index >= 15 is 0 Å². The molecule has 4 aliphatic rings. The Hall–Kier alpha value is -3.47. The van der Waals surface area contributed by atoms with Crippen LogP contribution in [0, 0.1) is 23.7 Å². The van der Waals surface area contributed by atoms with Gasteiger partial charge in [0, 0.05) is 25.6 Å². The van der Waals surface area contributed by atoms with Crippen LogP contribution in [-0.4, -0.2) is 90.7 Å². The number of carbonyl (C=O) groups is 2. The molecule has 2 aromatic heterocycles. The van der Waals surface area contributed by atoms with E-state index in [-0.39, 0.29) is 29.4 Å². The van der Waals surface area contributed by atoms with Gasteiger partial charge in [-0.15, -0.1) is 0 Å². The maximum absolute atomic E-state index is 12.5. The number of imidazole rings is 1. The van der Waals surface area contributed by atoms with Crippen molar-refractivity contribution < 1.29 is 29.3 Å². The standard InChI is InChI=1S/C26H33N7O6/c27-22-18-23(33(13-28-18)25-20(35)19(34)21(39-25)24(36)29-16-6-7-16)31-17(30-22)3-1-2-14-8-10-32(11-9-14)26(37)38-12-15-4-5-15/h13-16,19-21,25,34-35H,2,4-12H2,(H,29,36)(H2,27,30,31). The Bertz CT molecular complexity index is 1310. The van der Waals surface area contributed by atoms with Gasteiger partial charge < -0.3 is 35.6 Å². The molecule has 4 atom stereocenters. The van der Waals surface area contributed by atoms with Gasteiger partial charge in [-0.2, -0.15) is 0 Å². The van der Waals surface area contributed by atoms with Gasteiger partial charge >= 0.3 is 6.09 Å². The highest BCUT2D eigenvalue weighted by atomic mass is 16.6. The number of aliphatic hydroxyl groups excluding tert-OH is 2. The van der Waals surface area contributed by atoms with Crippen LogP contribution >= 0.6 is 0 Å². The molecule has 4 heterocycles. The van der Waals surface area contributed by atoms with Crippen molar-refractivity contribution in [2.45, 2.75) is 75.5 Å². The largest absolute Gasteiger partial charge is 0.449 e. The first-order valence-corrected chi connectivity index (χ1v) is 13.6. The third-order valence-corrected chi connectivity index (χ3v) is 7.75. The monoisotopic (exact) mass is 539 g/mol. The summed E-state index contributed by atoms with van der Waals surface area (Å²) in [5, 5.41) is 23.9. The lowest BCUT2D eigenvalue weighted by Crippen LogP contribution is -2.43. The van der Waals surface area contributed by atoms with Gasteiger partial charge in [-0.1, -0.05) is 5.92 Å². The van der Waals surface area contributed by atoms with E-state index in [0.717, 1.165) is 38.5 Å². The molecule has 0 aromatic carbocycles. The molecule has 0 bridgehead atoms. The number of nitrogen functional groups attached to an aromatic ring is 1. The zero-order valence-corrected chi connectivity index (χ0v) is 21.5. The minimum absolute atomic E-state index is 0.0910. The molecular weight excluding hydrogens is 506 g/mol. The number of nitrogens with two attached hydrogens (primary N) is 1. The van der Waals surface area contributed by atoms with Gasteiger partial charge in [-0.25, -0.2) is 19.7 Å². The molecule has 0 radical (unpaired) electrons. The first kappa shape index (κ1) is 25.8. The van der Waals surface area contributed by atoms with Crippen LogP contribution in [0.4, 0.5) is 10.6 Å². The van der Waals surface area contributed by atoms with Crippen LogP contribution in [0.15, 0.2) is 6.33 Å². The van der Waals surface area contributed by atoms with Crippen LogP contribution in [0.25, 0.3) is 11.2 Å². The first-order valence-electron chi connectivity index (χ1n) is 13.6. The third-order valence-electron chi connectivity index (χ3n) is 7.75. The van der Waals surface area contributed by atoms with Crippen molar-refractivity contribution in [3.63, 3.8) is 0 Å². The summed E-state index contributed by atoms with van der Waals surface area (Å²) in [5.74, 6) is 6.85. The molecule has 2 saturated heterocycles. The summed E-state index contributed by atoms with van der Waals surface area (Å²) in [6.45, 7) is 1.83. The molecule has 39 heavy (non-hydrogen) atoms. The van der Waals surface area contributed by atoms with E-state index in [1.165, 1.54) is 10.9 Å². The molecule has 0 spiro atoms. The molecule has 2 aromatic rings. The highest BCUT2D eigenvalue weighted by Gasteiger charge is 2.48. The number of nitrogens with one attached hydrogen (secondary N) is 1. The SMILES string of the molecule is Nc1nc(C#CCC2CCN(C(=O)OCC3CC3)CC2)nc2c1ncn2C1OC(C(=O)NC2CC2)C(O)C1O. The van der Waals surface area contributed by atoms with Crippen LogP contribution < -0.4 is 11.1 Å². The molecule has 4 unspecified atom stereocenters. The Morgan fingerprint density at radius 3 is 2.59 bits per heavy atom. The second kappa shape index (κ2) is 10.6. The molecule has 2 saturated carbocycles. The molecule has 5 N–H and O–H groups in total. The Morgan fingerprint density at radius 1 is 1.10 bits per heavy atom. The molecule has 13 heteroatoms. The zero-order chi connectivity index (χ0) is 27.1. The van der Waals surface area contributed by atoms with Gasteiger partial charge in [-0.3, -0.25) is 9.36 Å². The van der Waals surface area contributed by atoms with Crippen LogP contribution in [0.1, 0.15) is 57.0 Å². The van der Waals surface area contributed by atoms with Gasteiger partial charge in [0.25, 0.3) is 5.91 Å². The van der Waals surface area contributed by atoms with E-state index in [4.69, 9.17) is 15.2 Å². The highest BCUT2D eigenvalue weighted by Crippen LogP contribution is 2.33. The van der Waals surface area contributed by atoms with E-state index in [9.17, 15) is 19.8 Å². The van der Waals surface area contributed by atoms with Crippen molar-refractivity contribution in [2.75, 3.05) is 25.4 Å². The van der Waals surface area contributed by atoms with Crippen LogP contribution in [0.3, 0.4) is 0 Å². The molecule has 208 valence electrons. The van der Waals surface area contributed by atoms with Crippen LogP contribution in [0.2, 0.25) is 0 Å². The summed E-state index contributed by atoms with van der Waals surface area (Å²) in [7, 11) is 0. The second-order valence-corrected chi connectivity index (χ2v) is 10.9. The van der Waals surface area contributed by atoms with Crippen molar-refractivity contribution in [1.82, 2.24) is 29.7 Å². The summed E-state index contributed by atoms with van der Waals surface area (Å²) < 4.78 is 12.6. The normalized spacial score (nSPS) is 27.3. The number of likely N-dealkylation sites (tertiary alicyclic amines) is 1. The van der Waals surface area contributed by atoms with E-state index in [2.05, 4.69) is 32.1 Å². The number of aliphatic hydroxyl groups is 2. The predicted octanol–water partition coefficient (Wildman–Crippen LogP) is 0.307. The molecular formula is C26H33N7O6. The fourth-order valence-electron chi connectivity index (χ4n) is 4.96. The number of fused-ring (bicyclic) bond motifs is 1. The zero-order valence-electron chi connectivity index (χ0n) is 21.5. The number of aromatic nitrogens is 4. The van der Waals surface area contributed by atoms with Crippen molar-refractivity contribution in [3.8, 4) is 11.8 Å². The molecule has 4 fully saturated rings. The van der Waals surface area contributed by atoms with E-state index in [1.54, 1.807) is 4.90 Å². The third kappa shape index (κ3) is 5.63. The predicted molar refractivity (Wildman–Crippen MR) is 137 cm³/mol. The number of rotatable bonds is 6. The summed E-state index contributed by atoms with van der Waals surface area (Å²) in [4.78, 5) is 39.4. The van der Waals surface area contributed by atoms with Crippen molar-refractivity contribution in [2.24, 2.45) is 11.8 Å². The lowest BCUT2D eigenvalue weighted by Gasteiger charge is -2.30. The topological polar surface area (TPSA) is 178 Å². The Kier molecular flexibility index (Phi) is 7.01. The minimum atomic E-state index is -1.41. The molecule has 13 nitrogen and oxygen atoms in total. The average Bonchev–Trinajstić information content (AvgIpc) is 3.86. The quantitative estimate of drug-likeness (QED) is 0.373. The molecule has 2 aliphatic carbocycles. The maximum Gasteiger partial charge on any atom is 0.409 e. The van der Waals surface area contributed by atoms with Crippen molar-refractivity contribution >= 4 is 29.0 Å². The van der Waals surface area contributed by atoms with Crippen molar-refractivity contribution in [3.05, 3.63) is 12.2 Å². The summed E-state index contributed by atoms with van der Waals surface area (Å²) in [6.07, 6.45) is 2.47. The molecule has 2 aliphatic heterocycles. The smallest absolute Gasteiger partial charge is 0.409 e. The number of ether oxygens (including phenoxy) is 2. The Labute approximate surface area is 225 Å². The van der Waals surface area contributed by atoms with E-state index in [0.29, 0.717) is 43.5 Å². The Balaban J connectivity index is 1.09. The van der Waals surface area contributed by atoms with Gasteiger partial charge in [0.15, 0.2) is 23.8 Å². The van der Waals surface area contributed by atoms with Crippen LogP contribution in [-0.2, 0) is 14.3 Å². The summed E-state index contributed by atoms with van der Waals surface area (Å²) in [5.41, 5.74) is 6.70. The molecule has 2 amide bonds. The maximum atomic E-state index is 12.5. The first-order chi connectivity index (χ1) is 18.9. The lowest BCUT2D eigenvalue weighted by molar-refractivity contribution is -0.137. The average molecular weight is 540 g/mol. The van der Waals surface area contributed by atoms with Gasteiger partial charge in [0.1, 0.15) is 17.7 Å². The number of hydrogen-bond acceptors (Lipinski definition) is 10. The number of anilines is 1. The van der Waals surface area contributed by atoms with E-state index < -0.39 is 30.4 Å². The number of piperidine rings is 1. The molecule has 6 rings (SSSR count). The fraction of sp³-hybridized carbons (Fsp3) is 0.654. The number of nitrogens with zero attached hydrogens (tertiary/aromatic N) is 5. The van der Waals surface area contributed by atoms with Gasteiger partial charge in [0.05, 0.1) is 12.9 Å². The van der Waals surface area contributed by atoms with Crippen molar-refractivity contribution in [1.29, 1.82) is 0 Å². The summed E-state index contributed by atoms with van der Waals surface area (Å²) in [6, 6.07) is 0.0910. The minimum Gasteiger partial charge on any atom is -0.449 e. The number of hydrogen-bond donors (Lipinski definition) is 4. The van der Waals surface area contributed by atoms with Gasteiger partial charge in [0.2, 0.25) is 5.82 Å². The highest BCUT2D eigenvalue weighted by molar-refractivity contribution is 5.83. The number of amides is 2. The van der Waals surface area contributed by atoms with E-state index in [1.807, 2.05) is 0 Å².